The van der Waals surface area contributed by atoms with Gasteiger partial charge < -0.3 is 14.6 Å². The molecule has 2 rings (SSSR count). The van der Waals surface area contributed by atoms with E-state index in [-0.39, 0.29) is 24.3 Å². The molecule has 1 aromatic heterocycles. The molecule has 0 aliphatic carbocycles. The fourth-order valence-electron chi connectivity index (χ4n) is 2.54. The molecule has 0 unspecified atom stereocenters. The quantitative estimate of drug-likeness (QED) is 0.800. The number of thioether (sulfide) groups is 1. The van der Waals surface area contributed by atoms with Gasteiger partial charge in [0, 0.05) is 25.6 Å². The minimum absolute atomic E-state index is 0.0806. The fraction of sp³-hybridized carbons (Fsp3) is 0.714. The Bertz CT molecular complexity index is 524. The molecule has 1 N–H and O–H groups in total. The predicted molar refractivity (Wildman–Crippen MR) is 82.7 cm³/mol. The van der Waals surface area contributed by atoms with Gasteiger partial charge in [0.25, 0.3) is 0 Å². The minimum atomic E-state index is -0.756. The Morgan fingerprint density at radius 1 is 1.41 bits per heavy atom. The Hall–Kier alpha value is -1.57. The van der Waals surface area contributed by atoms with Crippen molar-refractivity contribution in [3.8, 4) is 0 Å². The van der Waals surface area contributed by atoms with Crippen molar-refractivity contribution in [2.24, 2.45) is 5.92 Å². The van der Waals surface area contributed by atoms with E-state index in [2.05, 4.69) is 10.2 Å². The maximum atomic E-state index is 12.2. The molecule has 0 saturated carbocycles. The molecule has 1 aliphatic rings. The second kappa shape index (κ2) is 7.62. The van der Waals surface area contributed by atoms with Gasteiger partial charge in [-0.1, -0.05) is 11.8 Å². The van der Waals surface area contributed by atoms with Gasteiger partial charge >= 0.3 is 5.97 Å². The molecule has 0 atom stereocenters. The lowest BCUT2D eigenvalue weighted by Crippen LogP contribution is -2.39. The maximum Gasteiger partial charge on any atom is 0.303 e. The highest BCUT2D eigenvalue weighted by Crippen LogP contribution is 2.23. The molecule has 1 aromatic rings. The van der Waals surface area contributed by atoms with Gasteiger partial charge in [-0.15, -0.1) is 10.2 Å². The van der Waals surface area contributed by atoms with Gasteiger partial charge in [0.15, 0.2) is 5.16 Å². The van der Waals surface area contributed by atoms with Gasteiger partial charge in [-0.25, -0.2) is 0 Å². The van der Waals surface area contributed by atoms with E-state index < -0.39 is 5.97 Å². The molecule has 1 fully saturated rings. The van der Waals surface area contributed by atoms with E-state index in [9.17, 15) is 9.59 Å². The standard InChI is InChI=1S/C14H22N4O3S/c1-10(2)18-9-15-16-14(18)22-8-12(19)17-5-3-11(4-6-17)7-13(20)21/h9-11H,3-8H2,1-2H3,(H,20,21). The molecule has 0 spiro atoms. The topological polar surface area (TPSA) is 88.3 Å². The number of rotatable bonds is 6. The van der Waals surface area contributed by atoms with Crippen molar-refractivity contribution < 1.29 is 14.7 Å². The predicted octanol–water partition coefficient (Wildman–Crippen LogP) is 1.66. The van der Waals surface area contributed by atoms with Crippen LogP contribution in [0.15, 0.2) is 11.5 Å². The highest BCUT2D eigenvalue weighted by atomic mass is 32.2. The van der Waals surface area contributed by atoms with Crippen molar-refractivity contribution in [2.45, 2.75) is 44.3 Å². The van der Waals surface area contributed by atoms with Crippen LogP contribution in [0.5, 0.6) is 0 Å². The van der Waals surface area contributed by atoms with E-state index in [0.717, 1.165) is 18.0 Å². The summed E-state index contributed by atoms with van der Waals surface area (Å²) in [5.74, 6) is -0.140. The smallest absolute Gasteiger partial charge is 0.303 e. The second-order valence-corrected chi connectivity index (χ2v) is 6.77. The van der Waals surface area contributed by atoms with Gasteiger partial charge in [-0.2, -0.15) is 0 Å². The molecular formula is C14H22N4O3S. The van der Waals surface area contributed by atoms with E-state index in [1.807, 2.05) is 23.3 Å². The lowest BCUT2D eigenvalue weighted by Gasteiger charge is -2.31. The molecular weight excluding hydrogens is 304 g/mol. The summed E-state index contributed by atoms with van der Waals surface area (Å²) in [6.07, 6.45) is 3.42. The first-order valence-corrected chi connectivity index (χ1v) is 8.47. The number of aromatic nitrogens is 3. The van der Waals surface area contributed by atoms with Crippen LogP contribution in [0, 0.1) is 5.92 Å². The van der Waals surface area contributed by atoms with Crippen molar-refractivity contribution >= 4 is 23.6 Å². The summed E-state index contributed by atoms with van der Waals surface area (Å²) < 4.78 is 1.94. The second-order valence-electron chi connectivity index (χ2n) is 5.83. The molecule has 1 amide bonds. The van der Waals surface area contributed by atoms with Crippen LogP contribution < -0.4 is 0 Å². The maximum absolute atomic E-state index is 12.2. The largest absolute Gasteiger partial charge is 0.481 e. The van der Waals surface area contributed by atoms with Crippen molar-refractivity contribution in [1.29, 1.82) is 0 Å². The van der Waals surface area contributed by atoms with Gasteiger partial charge in [-0.05, 0) is 32.6 Å². The van der Waals surface area contributed by atoms with E-state index in [0.29, 0.717) is 18.8 Å². The third-order valence-corrected chi connectivity index (χ3v) is 4.79. The van der Waals surface area contributed by atoms with E-state index >= 15 is 0 Å². The molecule has 1 saturated heterocycles. The first-order valence-electron chi connectivity index (χ1n) is 7.49. The number of carboxylic acids is 1. The highest BCUT2D eigenvalue weighted by molar-refractivity contribution is 7.99. The highest BCUT2D eigenvalue weighted by Gasteiger charge is 2.24. The van der Waals surface area contributed by atoms with Gasteiger partial charge in [0.2, 0.25) is 5.91 Å². The summed E-state index contributed by atoms with van der Waals surface area (Å²) in [4.78, 5) is 24.8. The first-order chi connectivity index (χ1) is 10.5. The van der Waals surface area contributed by atoms with E-state index in [1.165, 1.54) is 11.8 Å². The van der Waals surface area contributed by atoms with Gasteiger partial charge in [-0.3, -0.25) is 9.59 Å². The van der Waals surface area contributed by atoms with Crippen molar-refractivity contribution in [3.05, 3.63) is 6.33 Å². The molecule has 0 radical (unpaired) electrons. The zero-order valence-electron chi connectivity index (χ0n) is 12.9. The van der Waals surface area contributed by atoms with Gasteiger partial charge in [0.1, 0.15) is 6.33 Å². The van der Waals surface area contributed by atoms with E-state index in [1.54, 1.807) is 6.33 Å². The van der Waals surface area contributed by atoms with Crippen LogP contribution in [-0.4, -0.2) is 55.5 Å². The molecule has 2 heterocycles. The molecule has 7 nitrogen and oxygen atoms in total. The summed E-state index contributed by atoms with van der Waals surface area (Å²) in [5, 5.41) is 17.5. The van der Waals surface area contributed by atoms with Crippen LogP contribution in [0.4, 0.5) is 0 Å². The fourth-order valence-corrected chi connectivity index (χ4v) is 3.49. The number of carboxylic acid groups (broad SMARTS) is 1. The number of hydrogen-bond acceptors (Lipinski definition) is 5. The first kappa shape index (κ1) is 16.8. The summed E-state index contributed by atoms with van der Waals surface area (Å²) in [7, 11) is 0. The molecule has 0 bridgehead atoms. The van der Waals surface area contributed by atoms with E-state index in [4.69, 9.17) is 5.11 Å². The lowest BCUT2D eigenvalue weighted by molar-refractivity contribution is -0.138. The number of likely N-dealkylation sites (tertiary alicyclic amines) is 1. The van der Waals surface area contributed by atoms with Crippen molar-refractivity contribution in [2.75, 3.05) is 18.8 Å². The van der Waals surface area contributed by atoms with Crippen LogP contribution >= 0.6 is 11.8 Å². The van der Waals surface area contributed by atoms with Crippen molar-refractivity contribution in [1.82, 2.24) is 19.7 Å². The average Bonchev–Trinajstić information content (AvgIpc) is 2.93. The Morgan fingerprint density at radius 3 is 2.68 bits per heavy atom. The van der Waals surface area contributed by atoms with Gasteiger partial charge in [0.05, 0.1) is 5.75 Å². The number of carbonyl (C=O) groups is 2. The lowest BCUT2D eigenvalue weighted by atomic mass is 9.94. The molecule has 122 valence electrons. The SMILES string of the molecule is CC(C)n1cnnc1SCC(=O)N1CCC(CC(=O)O)CC1. The van der Waals surface area contributed by atoms with Crippen LogP contribution in [-0.2, 0) is 9.59 Å². The van der Waals surface area contributed by atoms with Crippen LogP contribution in [0.2, 0.25) is 0 Å². The number of hydrogen-bond donors (Lipinski definition) is 1. The summed E-state index contributed by atoms with van der Waals surface area (Å²) in [6, 6.07) is 0.263. The number of carbonyl (C=O) groups excluding carboxylic acids is 1. The third-order valence-electron chi connectivity index (χ3n) is 3.85. The number of amides is 1. The summed E-state index contributed by atoms with van der Waals surface area (Å²) >= 11 is 1.40. The Balaban J connectivity index is 1.79. The monoisotopic (exact) mass is 326 g/mol. The molecule has 0 aromatic carbocycles. The molecule has 8 heteroatoms. The Morgan fingerprint density at radius 2 is 2.09 bits per heavy atom. The van der Waals surface area contributed by atoms with Crippen LogP contribution in [0.3, 0.4) is 0 Å². The number of piperidine rings is 1. The Kier molecular flexibility index (Phi) is 5.82. The number of nitrogens with zero attached hydrogens (tertiary/aromatic N) is 4. The summed E-state index contributed by atoms with van der Waals surface area (Å²) in [6.45, 7) is 5.38. The molecule has 1 aliphatic heterocycles. The normalized spacial score (nSPS) is 16.2. The summed E-state index contributed by atoms with van der Waals surface area (Å²) in [5.41, 5.74) is 0. The minimum Gasteiger partial charge on any atom is -0.481 e. The number of aliphatic carboxylic acids is 1. The van der Waals surface area contributed by atoms with Crippen LogP contribution in [0.25, 0.3) is 0 Å². The Labute approximate surface area is 134 Å². The van der Waals surface area contributed by atoms with Crippen LogP contribution in [0.1, 0.15) is 39.2 Å². The molecule has 22 heavy (non-hydrogen) atoms. The zero-order chi connectivity index (χ0) is 16.1. The van der Waals surface area contributed by atoms with Crippen molar-refractivity contribution in [3.63, 3.8) is 0 Å². The average molecular weight is 326 g/mol. The zero-order valence-corrected chi connectivity index (χ0v) is 13.8. The third kappa shape index (κ3) is 4.46.